The van der Waals surface area contributed by atoms with Crippen LogP contribution in [-0.2, 0) is 4.79 Å². The number of para-hydroxylation sites is 1. The summed E-state index contributed by atoms with van der Waals surface area (Å²) in [6, 6.07) is 8.22. The Bertz CT molecular complexity index is 585. The van der Waals surface area contributed by atoms with Gasteiger partial charge >= 0.3 is 0 Å². The van der Waals surface area contributed by atoms with Crippen LogP contribution in [0.3, 0.4) is 0 Å². The van der Waals surface area contributed by atoms with Gasteiger partial charge in [0.05, 0.1) is 10.2 Å². The summed E-state index contributed by atoms with van der Waals surface area (Å²) >= 11 is 1.60. The van der Waals surface area contributed by atoms with E-state index in [9.17, 15) is 4.79 Å². The van der Waals surface area contributed by atoms with Crippen molar-refractivity contribution in [2.24, 2.45) is 0 Å². The van der Waals surface area contributed by atoms with E-state index in [-0.39, 0.29) is 11.9 Å². The van der Waals surface area contributed by atoms with Crippen molar-refractivity contribution in [2.45, 2.75) is 45.6 Å². The second-order valence-corrected chi connectivity index (χ2v) is 6.32. The summed E-state index contributed by atoms with van der Waals surface area (Å²) in [6.07, 6.45) is 8.00. The molecule has 0 spiro atoms. The van der Waals surface area contributed by atoms with Crippen LogP contribution in [0.1, 0.15) is 44.5 Å². The summed E-state index contributed by atoms with van der Waals surface area (Å²) in [7, 11) is 0. The Morgan fingerprint density at radius 3 is 2.95 bits per heavy atom. The number of fused-ring (bicyclic) bond motifs is 1. The molecule has 0 saturated carbocycles. The highest BCUT2D eigenvalue weighted by Gasteiger charge is 2.05. The molecule has 112 valence electrons. The second kappa shape index (κ2) is 7.93. The number of amides is 1. The van der Waals surface area contributed by atoms with Gasteiger partial charge in [-0.05, 0) is 31.6 Å². The van der Waals surface area contributed by atoms with E-state index >= 15 is 0 Å². The largest absolute Gasteiger partial charge is 0.350 e. The summed E-state index contributed by atoms with van der Waals surface area (Å²) in [5.74, 6) is -0.0433. The van der Waals surface area contributed by atoms with E-state index in [2.05, 4.69) is 24.1 Å². The van der Waals surface area contributed by atoms with Gasteiger partial charge < -0.3 is 5.32 Å². The Kier molecular flexibility index (Phi) is 5.93. The smallest absolute Gasteiger partial charge is 0.244 e. The molecule has 4 heteroatoms. The van der Waals surface area contributed by atoms with Crippen LogP contribution in [0.4, 0.5) is 0 Å². The maximum absolute atomic E-state index is 11.9. The van der Waals surface area contributed by atoms with Crippen molar-refractivity contribution in [3.8, 4) is 0 Å². The van der Waals surface area contributed by atoms with Gasteiger partial charge in [-0.15, -0.1) is 11.3 Å². The molecule has 0 radical (unpaired) electrons. The average molecular weight is 302 g/mol. The van der Waals surface area contributed by atoms with Gasteiger partial charge in [0.1, 0.15) is 5.01 Å². The zero-order valence-electron chi connectivity index (χ0n) is 12.6. The molecule has 0 fully saturated rings. The molecule has 1 aromatic carbocycles. The molecule has 0 bridgehead atoms. The van der Waals surface area contributed by atoms with Gasteiger partial charge in [-0.1, -0.05) is 38.3 Å². The number of unbranched alkanes of at least 4 members (excludes halogenated alkanes) is 2. The van der Waals surface area contributed by atoms with E-state index in [0.717, 1.165) is 21.6 Å². The van der Waals surface area contributed by atoms with Crippen LogP contribution in [0.2, 0.25) is 0 Å². The predicted molar refractivity (Wildman–Crippen MR) is 90.4 cm³/mol. The van der Waals surface area contributed by atoms with Gasteiger partial charge in [0.25, 0.3) is 0 Å². The number of aromatic nitrogens is 1. The molecule has 2 aromatic rings. The Labute approximate surface area is 130 Å². The highest BCUT2D eigenvalue weighted by Crippen LogP contribution is 2.22. The minimum absolute atomic E-state index is 0.0433. The molecule has 1 N–H and O–H groups in total. The molecule has 0 saturated heterocycles. The third-order valence-corrected chi connectivity index (χ3v) is 4.32. The highest BCUT2D eigenvalue weighted by molar-refractivity contribution is 7.19. The van der Waals surface area contributed by atoms with E-state index in [0.29, 0.717) is 0 Å². The fraction of sp³-hybridized carbons (Fsp3) is 0.412. The summed E-state index contributed by atoms with van der Waals surface area (Å²) in [5.41, 5.74) is 0.982. The second-order valence-electron chi connectivity index (χ2n) is 5.26. The monoisotopic (exact) mass is 302 g/mol. The summed E-state index contributed by atoms with van der Waals surface area (Å²) in [6.45, 7) is 4.24. The molecule has 1 unspecified atom stereocenters. The molecule has 1 amide bonds. The molecule has 1 atom stereocenters. The molecular formula is C17H22N2OS. The van der Waals surface area contributed by atoms with E-state index in [1.54, 1.807) is 23.5 Å². The number of thiazole rings is 1. The average Bonchev–Trinajstić information content (AvgIpc) is 2.88. The molecule has 0 aliphatic rings. The van der Waals surface area contributed by atoms with Crippen molar-refractivity contribution < 1.29 is 4.79 Å². The highest BCUT2D eigenvalue weighted by atomic mass is 32.1. The quantitative estimate of drug-likeness (QED) is 0.608. The summed E-state index contributed by atoms with van der Waals surface area (Å²) in [4.78, 5) is 16.3. The topological polar surface area (TPSA) is 42.0 Å². The molecule has 3 nitrogen and oxygen atoms in total. The fourth-order valence-corrected chi connectivity index (χ4v) is 3.04. The van der Waals surface area contributed by atoms with E-state index in [1.165, 1.54) is 19.3 Å². The van der Waals surface area contributed by atoms with Crippen LogP contribution < -0.4 is 5.32 Å². The number of rotatable bonds is 7. The lowest BCUT2D eigenvalue weighted by Gasteiger charge is -2.11. The molecule has 1 heterocycles. The Balaban J connectivity index is 1.86. The number of carbonyl (C=O) groups excluding carboxylic acids is 1. The lowest BCUT2D eigenvalue weighted by Crippen LogP contribution is -2.30. The zero-order valence-corrected chi connectivity index (χ0v) is 13.5. The number of benzene rings is 1. The third-order valence-electron chi connectivity index (χ3n) is 3.32. The van der Waals surface area contributed by atoms with E-state index < -0.39 is 0 Å². The zero-order chi connectivity index (χ0) is 15.1. The molecule has 2 rings (SSSR count). The maximum Gasteiger partial charge on any atom is 0.244 e. The van der Waals surface area contributed by atoms with E-state index in [4.69, 9.17) is 0 Å². The first kappa shape index (κ1) is 15.7. The van der Waals surface area contributed by atoms with Gasteiger partial charge in [-0.3, -0.25) is 4.79 Å². The minimum Gasteiger partial charge on any atom is -0.350 e. The van der Waals surface area contributed by atoms with Gasteiger partial charge in [0.2, 0.25) is 5.91 Å². The normalized spacial score (nSPS) is 12.9. The number of nitrogens with zero attached hydrogens (tertiary/aromatic N) is 1. The van der Waals surface area contributed by atoms with Crippen LogP contribution in [-0.4, -0.2) is 16.9 Å². The predicted octanol–water partition coefficient (Wildman–Crippen LogP) is 4.39. The van der Waals surface area contributed by atoms with Crippen LogP contribution in [0, 0.1) is 0 Å². The number of nitrogens with one attached hydrogen (secondary N) is 1. The Morgan fingerprint density at radius 2 is 2.19 bits per heavy atom. The van der Waals surface area contributed by atoms with Crippen molar-refractivity contribution in [1.82, 2.24) is 10.3 Å². The SMILES string of the molecule is CCCCCC(C)NC(=O)/C=C/c1nc2ccccc2s1. The van der Waals surface area contributed by atoms with Gasteiger partial charge in [-0.2, -0.15) is 0 Å². The van der Waals surface area contributed by atoms with Crippen molar-refractivity contribution >= 4 is 33.5 Å². The van der Waals surface area contributed by atoms with Crippen LogP contribution >= 0.6 is 11.3 Å². The molecule has 0 aliphatic carbocycles. The Hall–Kier alpha value is -1.68. The fourth-order valence-electron chi connectivity index (χ4n) is 2.17. The Morgan fingerprint density at radius 1 is 1.38 bits per heavy atom. The first-order chi connectivity index (χ1) is 10.2. The van der Waals surface area contributed by atoms with E-state index in [1.807, 2.05) is 24.3 Å². The van der Waals surface area contributed by atoms with Crippen LogP contribution in [0.15, 0.2) is 30.3 Å². The maximum atomic E-state index is 11.9. The number of carbonyl (C=O) groups is 1. The molecular weight excluding hydrogens is 280 g/mol. The van der Waals surface area contributed by atoms with Crippen molar-refractivity contribution in [3.05, 3.63) is 35.3 Å². The van der Waals surface area contributed by atoms with Crippen molar-refractivity contribution in [3.63, 3.8) is 0 Å². The first-order valence-corrected chi connectivity index (χ1v) is 8.35. The molecule has 21 heavy (non-hydrogen) atoms. The van der Waals surface area contributed by atoms with Crippen molar-refractivity contribution in [1.29, 1.82) is 0 Å². The first-order valence-electron chi connectivity index (χ1n) is 7.53. The third kappa shape index (κ3) is 4.97. The number of hydrogen-bond donors (Lipinski definition) is 1. The van der Waals surface area contributed by atoms with Crippen LogP contribution in [0.25, 0.3) is 16.3 Å². The van der Waals surface area contributed by atoms with Crippen LogP contribution in [0.5, 0.6) is 0 Å². The minimum atomic E-state index is -0.0433. The summed E-state index contributed by atoms with van der Waals surface area (Å²) in [5, 5.41) is 3.86. The molecule has 0 aliphatic heterocycles. The lowest BCUT2D eigenvalue weighted by molar-refractivity contribution is -0.117. The summed E-state index contributed by atoms with van der Waals surface area (Å²) < 4.78 is 1.14. The van der Waals surface area contributed by atoms with Gasteiger partial charge in [0, 0.05) is 12.1 Å². The van der Waals surface area contributed by atoms with Crippen molar-refractivity contribution in [2.75, 3.05) is 0 Å². The van der Waals surface area contributed by atoms with Gasteiger partial charge in [-0.25, -0.2) is 4.98 Å². The standard InChI is InChI=1S/C17H22N2OS/c1-3-4-5-8-13(2)18-16(20)11-12-17-19-14-9-6-7-10-15(14)21-17/h6-7,9-13H,3-5,8H2,1-2H3,(H,18,20)/b12-11+. The lowest BCUT2D eigenvalue weighted by atomic mass is 10.1. The number of hydrogen-bond acceptors (Lipinski definition) is 3. The van der Waals surface area contributed by atoms with Gasteiger partial charge in [0.15, 0.2) is 0 Å². The molecule has 1 aromatic heterocycles.